The van der Waals surface area contributed by atoms with E-state index in [1.807, 2.05) is 0 Å². The number of alkyl halides is 3. The van der Waals surface area contributed by atoms with Crippen molar-refractivity contribution in [2.45, 2.75) is 36.2 Å². The molecule has 0 saturated heterocycles. The number of ether oxygens (including phenoxy) is 3. The maximum atomic E-state index is 14.8. The number of methoxy groups -OCH3 is 2. The van der Waals surface area contributed by atoms with Crippen LogP contribution in [0.1, 0.15) is 24.5 Å². The summed E-state index contributed by atoms with van der Waals surface area (Å²) in [5, 5.41) is 3.21. The average molecular weight is 656 g/mol. The summed E-state index contributed by atoms with van der Waals surface area (Å²) in [5.41, 5.74) is -2.15. The fourth-order valence-electron chi connectivity index (χ4n) is 5.08. The summed E-state index contributed by atoms with van der Waals surface area (Å²) in [4.78, 5) is 28.4. The van der Waals surface area contributed by atoms with E-state index < -0.39 is 50.4 Å². The molecule has 1 heterocycles. The van der Waals surface area contributed by atoms with Crippen molar-refractivity contribution in [1.29, 1.82) is 0 Å². The summed E-state index contributed by atoms with van der Waals surface area (Å²) >= 11 is 6.38. The Morgan fingerprint density at radius 3 is 2.30 bits per heavy atom. The molecule has 0 aromatic heterocycles. The van der Waals surface area contributed by atoms with Gasteiger partial charge in [-0.3, -0.25) is 14.9 Å². The summed E-state index contributed by atoms with van der Waals surface area (Å²) < 4.78 is 83.9. The lowest BCUT2D eigenvalue weighted by Gasteiger charge is -2.35. The highest BCUT2D eigenvalue weighted by Gasteiger charge is 2.58. The maximum Gasteiger partial charge on any atom is 0.573 e. The average Bonchev–Trinajstić information content (AvgIpc) is 3.21. The summed E-state index contributed by atoms with van der Waals surface area (Å²) in [6, 6.07) is 11.9. The first-order chi connectivity index (χ1) is 20.6. The first-order valence-electron chi connectivity index (χ1n) is 13.1. The van der Waals surface area contributed by atoms with Gasteiger partial charge in [-0.25, -0.2) is 12.7 Å². The van der Waals surface area contributed by atoms with Crippen molar-refractivity contribution in [2.24, 2.45) is 0 Å². The Kier molecular flexibility index (Phi) is 9.10. The number of carbonyl (C=O) groups excluding carboxylic acids is 2. The van der Waals surface area contributed by atoms with Gasteiger partial charge in [-0.1, -0.05) is 36.7 Å². The molecule has 236 valence electrons. The van der Waals surface area contributed by atoms with Crippen LogP contribution < -0.4 is 23.8 Å². The minimum absolute atomic E-state index is 0.0277. The van der Waals surface area contributed by atoms with Crippen molar-refractivity contribution in [2.75, 3.05) is 32.6 Å². The van der Waals surface area contributed by atoms with Crippen LogP contribution in [0.5, 0.6) is 17.2 Å². The molecule has 44 heavy (non-hydrogen) atoms. The van der Waals surface area contributed by atoms with Gasteiger partial charge >= 0.3 is 6.36 Å². The summed E-state index contributed by atoms with van der Waals surface area (Å²) in [6.07, 6.45) is -5.10. The Bertz CT molecular complexity index is 1700. The van der Waals surface area contributed by atoms with E-state index in [-0.39, 0.29) is 39.8 Å². The van der Waals surface area contributed by atoms with Gasteiger partial charge in [0.2, 0.25) is 5.91 Å². The topological polar surface area (TPSA) is 114 Å². The molecular formula is C29H29ClF3N3O7S. The number of para-hydroxylation sites is 1. The second-order valence-corrected chi connectivity index (χ2v) is 12.1. The van der Waals surface area contributed by atoms with Gasteiger partial charge < -0.3 is 19.1 Å². The second-order valence-electron chi connectivity index (χ2n) is 9.88. The molecule has 3 aromatic rings. The highest BCUT2D eigenvalue weighted by molar-refractivity contribution is 7.93. The smallest absolute Gasteiger partial charge is 0.497 e. The minimum Gasteiger partial charge on any atom is -0.497 e. The third-order valence-corrected chi connectivity index (χ3v) is 9.00. The number of hydrogen-bond donors (Lipinski definition) is 1. The lowest BCUT2D eigenvalue weighted by Crippen LogP contribution is -2.59. The van der Waals surface area contributed by atoms with E-state index in [1.165, 1.54) is 57.5 Å². The molecule has 2 amide bonds. The van der Waals surface area contributed by atoms with Gasteiger partial charge in [-0.05, 0) is 42.8 Å². The van der Waals surface area contributed by atoms with Gasteiger partial charge in [-0.2, -0.15) is 0 Å². The Morgan fingerprint density at radius 1 is 1.02 bits per heavy atom. The van der Waals surface area contributed by atoms with Crippen molar-refractivity contribution in [3.05, 3.63) is 76.8 Å². The Labute approximate surface area is 257 Å². The highest BCUT2D eigenvalue weighted by atomic mass is 35.5. The number of rotatable bonds is 10. The zero-order chi connectivity index (χ0) is 32.6. The van der Waals surface area contributed by atoms with E-state index in [1.54, 1.807) is 25.1 Å². The Balaban J connectivity index is 2.06. The molecule has 10 nitrogen and oxygen atoms in total. The summed E-state index contributed by atoms with van der Waals surface area (Å²) in [7, 11) is 0.429. The molecular weight excluding hydrogens is 627 g/mol. The molecule has 1 aliphatic heterocycles. The fraction of sp³-hybridized carbons (Fsp3) is 0.310. The molecule has 0 bridgehead atoms. The molecule has 2 atom stereocenters. The van der Waals surface area contributed by atoms with Crippen LogP contribution >= 0.6 is 11.6 Å². The lowest BCUT2D eigenvalue weighted by atomic mass is 9.82. The van der Waals surface area contributed by atoms with Crippen LogP contribution in [-0.4, -0.2) is 65.9 Å². The quantitative estimate of drug-likeness (QED) is 0.335. The molecule has 0 radical (unpaired) electrons. The number of nitrogens with one attached hydrogen (secondary N) is 1. The number of fused-ring (bicyclic) bond motifs is 1. The number of hydrogen-bond acceptors (Lipinski definition) is 8. The monoisotopic (exact) mass is 655 g/mol. The third-order valence-electron chi connectivity index (χ3n) is 7.03. The predicted octanol–water partition coefficient (Wildman–Crippen LogP) is 4.69. The number of nitrogens with zero attached hydrogens (tertiary/aromatic N) is 2. The lowest BCUT2D eigenvalue weighted by molar-refractivity contribution is -0.275. The standard InChI is InChI=1S/C29H29ClF3N3O7S/c1-6-21(26(37)35(2)3)34-28(19-9-7-8-10-23(19)42-5)20-15-17(30)11-13-22(20)36(27(28)38)44(39,40)25-14-12-18(41-4)16-24(25)43-29(31,32)33/h7-16,21,34H,6H2,1-5H3/t21-,28?/m0/s1. The Hall–Kier alpha value is -4.01. The van der Waals surface area contributed by atoms with Crippen molar-refractivity contribution in [3.63, 3.8) is 0 Å². The van der Waals surface area contributed by atoms with Crippen LogP contribution in [0, 0.1) is 0 Å². The number of likely N-dealkylation sites (N-methyl/N-ethyl adjacent to an activating group) is 1. The van der Waals surface area contributed by atoms with Crippen LogP contribution in [0.25, 0.3) is 0 Å². The molecule has 15 heteroatoms. The molecule has 0 aliphatic carbocycles. The highest BCUT2D eigenvalue weighted by Crippen LogP contribution is 2.51. The van der Waals surface area contributed by atoms with Gasteiger partial charge in [0.05, 0.1) is 25.9 Å². The fourth-order valence-corrected chi connectivity index (χ4v) is 6.81. The van der Waals surface area contributed by atoms with E-state index in [4.69, 9.17) is 21.1 Å². The van der Waals surface area contributed by atoms with E-state index in [2.05, 4.69) is 10.1 Å². The zero-order valence-corrected chi connectivity index (χ0v) is 25.8. The largest absolute Gasteiger partial charge is 0.573 e. The normalized spacial score (nSPS) is 17.2. The van der Waals surface area contributed by atoms with E-state index in [0.717, 1.165) is 18.2 Å². The van der Waals surface area contributed by atoms with E-state index in [9.17, 15) is 31.2 Å². The van der Waals surface area contributed by atoms with Crippen LogP contribution in [0.3, 0.4) is 0 Å². The van der Waals surface area contributed by atoms with Gasteiger partial charge in [0.25, 0.3) is 15.9 Å². The number of anilines is 1. The second kappa shape index (κ2) is 12.2. The van der Waals surface area contributed by atoms with Crippen LogP contribution in [0.2, 0.25) is 5.02 Å². The van der Waals surface area contributed by atoms with Crippen LogP contribution in [0.15, 0.2) is 65.6 Å². The van der Waals surface area contributed by atoms with Crippen LogP contribution in [0.4, 0.5) is 18.9 Å². The SMILES string of the molecule is CC[C@H](NC1(c2ccccc2OC)C(=O)N(S(=O)(=O)c2ccc(OC)cc2OC(F)(F)F)c2ccc(Cl)cc21)C(=O)N(C)C. The first kappa shape index (κ1) is 32.9. The predicted molar refractivity (Wildman–Crippen MR) is 155 cm³/mol. The zero-order valence-electron chi connectivity index (χ0n) is 24.2. The summed E-state index contributed by atoms with van der Waals surface area (Å²) in [5.74, 6) is -2.64. The molecule has 4 rings (SSSR count). The third kappa shape index (κ3) is 5.76. The van der Waals surface area contributed by atoms with Crippen LogP contribution in [-0.2, 0) is 25.2 Å². The summed E-state index contributed by atoms with van der Waals surface area (Å²) in [6.45, 7) is 1.69. The van der Waals surface area contributed by atoms with Crippen molar-refractivity contribution in [1.82, 2.24) is 10.2 Å². The molecule has 1 unspecified atom stereocenters. The number of amides is 2. The number of benzene rings is 3. The number of sulfonamides is 1. The Morgan fingerprint density at radius 2 is 1.70 bits per heavy atom. The molecule has 1 N–H and O–H groups in total. The van der Waals surface area contributed by atoms with E-state index in [0.29, 0.717) is 4.31 Å². The molecule has 0 saturated carbocycles. The molecule has 0 spiro atoms. The molecule has 1 aliphatic rings. The van der Waals surface area contributed by atoms with Gasteiger partial charge in [-0.15, -0.1) is 13.2 Å². The van der Waals surface area contributed by atoms with Gasteiger partial charge in [0, 0.05) is 36.3 Å². The maximum absolute atomic E-state index is 14.8. The molecule has 3 aromatic carbocycles. The number of carbonyl (C=O) groups is 2. The van der Waals surface area contributed by atoms with Crippen molar-refractivity contribution in [3.8, 4) is 17.2 Å². The minimum atomic E-state index is -5.28. The van der Waals surface area contributed by atoms with E-state index >= 15 is 0 Å². The van der Waals surface area contributed by atoms with Crippen molar-refractivity contribution >= 4 is 39.1 Å². The van der Waals surface area contributed by atoms with Crippen molar-refractivity contribution < 1.29 is 45.4 Å². The molecule has 0 fully saturated rings. The van der Waals surface area contributed by atoms with Gasteiger partial charge in [0.15, 0.2) is 11.3 Å². The first-order valence-corrected chi connectivity index (χ1v) is 14.9. The number of halogens is 4. The van der Waals surface area contributed by atoms with Gasteiger partial charge in [0.1, 0.15) is 16.4 Å².